The van der Waals surface area contributed by atoms with E-state index >= 15 is 0 Å². The summed E-state index contributed by atoms with van der Waals surface area (Å²) >= 11 is 0. The Balaban J connectivity index is 1.02. The third-order valence-corrected chi connectivity index (χ3v) is 12.4. The van der Waals surface area contributed by atoms with E-state index in [0.717, 1.165) is 17.9 Å². The molecule has 0 bridgehead atoms. The van der Waals surface area contributed by atoms with Crippen LogP contribution in [0, 0.1) is 0 Å². The third kappa shape index (κ3) is 4.47. The highest BCUT2D eigenvalue weighted by Crippen LogP contribution is 2.59. The SMILES string of the molecule is C1=Cc2c(c3cnccc3n2-c2ccc(-c3ccc(-n4c5ccccc5c5c6c(ccc54)-c4ccccc4C6(c4ccccc4)c4ccccc4)cc3)cc2)CN1. The zero-order valence-electron chi connectivity index (χ0n) is 31.1. The predicted octanol–water partition coefficient (Wildman–Crippen LogP) is 12.2. The summed E-state index contributed by atoms with van der Waals surface area (Å²) in [6, 6.07) is 65.0. The van der Waals surface area contributed by atoms with E-state index in [-0.39, 0.29) is 0 Å². The Hall–Kier alpha value is -7.43. The van der Waals surface area contributed by atoms with E-state index < -0.39 is 5.41 Å². The summed E-state index contributed by atoms with van der Waals surface area (Å²) in [5.74, 6) is 0. The Labute approximate surface area is 330 Å². The van der Waals surface area contributed by atoms with Gasteiger partial charge in [-0.25, -0.2) is 0 Å². The second-order valence-corrected chi connectivity index (χ2v) is 15.2. The number of para-hydroxylation sites is 1. The summed E-state index contributed by atoms with van der Waals surface area (Å²) in [4.78, 5) is 4.43. The number of rotatable bonds is 5. The van der Waals surface area contributed by atoms with Crippen LogP contribution >= 0.6 is 0 Å². The van der Waals surface area contributed by atoms with Crippen molar-refractivity contribution in [3.05, 3.63) is 228 Å². The number of fused-ring (bicyclic) bond motifs is 10. The molecule has 1 aliphatic heterocycles. The maximum absolute atomic E-state index is 4.43. The monoisotopic (exact) mass is 728 g/mol. The van der Waals surface area contributed by atoms with Gasteiger partial charge in [-0.2, -0.15) is 0 Å². The molecule has 0 amide bonds. The summed E-state index contributed by atoms with van der Waals surface area (Å²) in [7, 11) is 0. The van der Waals surface area contributed by atoms with Gasteiger partial charge in [0.15, 0.2) is 0 Å². The van der Waals surface area contributed by atoms with Crippen LogP contribution in [-0.2, 0) is 12.0 Å². The standard InChI is InChI=1S/C53H36N4/c1-3-11-37(12-4-1)53(38-13-5-2-6-14-38)46-17-9-7-15-41(46)42-27-28-50-51(52(42)53)43-16-8-10-18-47(43)57(50)40-25-21-36(22-26-40)35-19-23-39(24-20-35)56-48-29-31-54-33-44(48)45-34-55-32-30-49(45)56/h1-33,55H,34H2. The molecule has 10 aromatic rings. The quantitative estimate of drug-likeness (QED) is 0.191. The molecule has 0 radical (unpaired) electrons. The lowest BCUT2D eigenvalue weighted by molar-refractivity contribution is 0.776. The minimum atomic E-state index is -0.491. The van der Waals surface area contributed by atoms with Crippen molar-refractivity contribution in [3.8, 4) is 33.6 Å². The van der Waals surface area contributed by atoms with Gasteiger partial charge in [-0.1, -0.05) is 133 Å². The number of pyridine rings is 1. The molecule has 3 aromatic heterocycles. The van der Waals surface area contributed by atoms with Crippen molar-refractivity contribution in [3.63, 3.8) is 0 Å². The van der Waals surface area contributed by atoms with Gasteiger partial charge >= 0.3 is 0 Å². The molecule has 1 aliphatic carbocycles. The highest BCUT2D eigenvalue weighted by molar-refractivity contribution is 6.15. The van der Waals surface area contributed by atoms with E-state index in [1.54, 1.807) is 0 Å². The second kappa shape index (κ2) is 12.3. The highest BCUT2D eigenvalue weighted by Gasteiger charge is 2.47. The van der Waals surface area contributed by atoms with Crippen LogP contribution < -0.4 is 5.32 Å². The first kappa shape index (κ1) is 31.9. The highest BCUT2D eigenvalue weighted by atomic mass is 15.0. The van der Waals surface area contributed by atoms with E-state index in [1.165, 1.54) is 88.5 Å². The van der Waals surface area contributed by atoms with Crippen molar-refractivity contribution in [2.45, 2.75) is 12.0 Å². The van der Waals surface area contributed by atoms with E-state index in [0.29, 0.717) is 0 Å². The lowest BCUT2D eigenvalue weighted by Crippen LogP contribution is -2.28. The zero-order valence-corrected chi connectivity index (χ0v) is 31.1. The van der Waals surface area contributed by atoms with Crippen molar-refractivity contribution in [2.24, 2.45) is 0 Å². The lowest BCUT2D eigenvalue weighted by Gasteiger charge is -2.34. The first-order valence-electron chi connectivity index (χ1n) is 19.7. The minimum Gasteiger partial charge on any atom is -0.387 e. The average Bonchev–Trinajstić information content (AvgIpc) is 3.92. The smallest absolute Gasteiger partial charge is 0.0720 e. The third-order valence-electron chi connectivity index (χ3n) is 12.4. The second-order valence-electron chi connectivity index (χ2n) is 15.2. The van der Waals surface area contributed by atoms with E-state index in [4.69, 9.17) is 0 Å². The molecule has 0 atom stereocenters. The van der Waals surface area contributed by atoms with Gasteiger partial charge < -0.3 is 14.5 Å². The van der Waals surface area contributed by atoms with Gasteiger partial charge in [-0.3, -0.25) is 4.98 Å². The molecule has 2 aliphatic rings. The number of nitrogens with zero attached hydrogens (tertiary/aromatic N) is 3. The van der Waals surface area contributed by atoms with Crippen LogP contribution in [0.4, 0.5) is 0 Å². The molecule has 268 valence electrons. The van der Waals surface area contributed by atoms with E-state index in [1.807, 2.05) is 18.6 Å². The lowest BCUT2D eigenvalue weighted by atomic mass is 9.67. The van der Waals surface area contributed by atoms with Crippen molar-refractivity contribution in [2.75, 3.05) is 0 Å². The Bertz CT molecular complexity index is 3170. The van der Waals surface area contributed by atoms with Crippen LogP contribution in [0.5, 0.6) is 0 Å². The fraction of sp³-hybridized carbons (Fsp3) is 0.0377. The minimum absolute atomic E-state index is 0.491. The normalized spacial score (nSPS) is 13.8. The van der Waals surface area contributed by atoms with Crippen LogP contribution in [0.25, 0.3) is 72.4 Å². The van der Waals surface area contributed by atoms with Gasteiger partial charge in [0.25, 0.3) is 0 Å². The molecule has 57 heavy (non-hydrogen) atoms. The largest absolute Gasteiger partial charge is 0.387 e. The maximum atomic E-state index is 4.43. The molecule has 1 N–H and O–H groups in total. The summed E-state index contributed by atoms with van der Waals surface area (Å²) in [6.07, 6.45) is 8.06. The Morgan fingerprint density at radius 2 is 1.14 bits per heavy atom. The van der Waals surface area contributed by atoms with Crippen molar-refractivity contribution in [1.82, 2.24) is 19.4 Å². The fourth-order valence-corrected chi connectivity index (χ4v) is 10.0. The first-order valence-corrected chi connectivity index (χ1v) is 19.7. The van der Waals surface area contributed by atoms with Crippen LogP contribution in [-0.4, -0.2) is 14.1 Å². The number of nitrogens with one attached hydrogen (secondary N) is 1. The van der Waals surface area contributed by atoms with Crippen LogP contribution in [0.15, 0.2) is 195 Å². The van der Waals surface area contributed by atoms with Crippen molar-refractivity contribution < 1.29 is 0 Å². The number of aromatic nitrogens is 3. The summed E-state index contributed by atoms with van der Waals surface area (Å²) in [5, 5.41) is 7.12. The molecule has 4 heterocycles. The number of benzene rings is 7. The molecule has 0 fully saturated rings. The summed E-state index contributed by atoms with van der Waals surface area (Å²) < 4.78 is 4.80. The van der Waals surface area contributed by atoms with Crippen LogP contribution in [0.3, 0.4) is 0 Å². The molecular formula is C53H36N4. The summed E-state index contributed by atoms with van der Waals surface area (Å²) in [6.45, 7) is 0.800. The topological polar surface area (TPSA) is 34.8 Å². The number of hydrogen-bond acceptors (Lipinski definition) is 2. The zero-order chi connectivity index (χ0) is 37.5. The molecule has 0 saturated heterocycles. The predicted molar refractivity (Wildman–Crippen MR) is 234 cm³/mol. The van der Waals surface area contributed by atoms with Crippen molar-refractivity contribution in [1.29, 1.82) is 0 Å². The maximum Gasteiger partial charge on any atom is 0.0720 e. The van der Waals surface area contributed by atoms with Crippen LogP contribution in [0.2, 0.25) is 0 Å². The number of hydrogen-bond donors (Lipinski definition) is 1. The molecule has 0 spiro atoms. The van der Waals surface area contributed by atoms with Gasteiger partial charge in [0.05, 0.1) is 27.7 Å². The van der Waals surface area contributed by atoms with Crippen LogP contribution in [0.1, 0.15) is 33.5 Å². The Morgan fingerprint density at radius 1 is 0.509 bits per heavy atom. The van der Waals surface area contributed by atoms with Gasteiger partial charge in [0.1, 0.15) is 0 Å². The van der Waals surface area contributed by atoms with Crippen molar-refractivity contribution >= 4 is 38.8 Å². The van der Waals surface area contributed by atoms with Gasteiger partial charge in [0, 0.05) is 52.0 Å². The van der Waals surface area contributed by atoms with Gasteiger partial charge in [0.2, 0.25) is 0 Å². The average molecular weight is 729 g/mol. The van der Waals surface area contributed by atoms with Gasteiger partial charge in [-0.15, -0.1) is 0 Å². The van der Waals surface area contributed by atoms with E-state index in [2.05, 4.69) is 201 Å². The Kier molecular flexibility index (Phi) is 6.87. The van der Waals surface area contributed by atoms with E-state index in [9.17, 15) is 0 Å². The fourth-order valence-electron chi connectivity index (χ4n) is 10.0. The molecule has 4 nitrogen and oxygen atoms in total. The molecule has 7 aromatic carbocycles. The molecular weight excluding hydrogens is 693 g/mol. The Morgan fingerprint density at radius 3 is 1.88 bits per heavy atom. The molecule has 0 unspecified atom stereocenters. The van der Waals surface area contributed by atoms with Gasteiger partial charge in [-0.05, 0) is 99.2 Å². The molecule has 4 heteroatoms. The first-order chi connectivity index (χ1) is 28.3. The molecule has 0 saturated carbocycles. The molecule has 12 rings (SSSR count). The summed E-state index contributed by atoms with van der Waals surface area (Å²) in [5.41, 5.74) is 18.0.